The Morgan fingerprint density at radius 1 is 1.27 bits per heavy atom. The number of hydrogen-bond donors (Lipinski definition) is 2. The van der Waals surface area contributed by atoms with Crippen molar-refractivity contribution in [3.63, 3.8) is 0 Å². The van der Waals surface area contributed by atoms with Crippen molar-refractivity contribution in [2.75, 3.05) is 32.5 Å². The third-order valence-electron chi connectivity index (χ3n) is 4.33. The van der Waals surface area contributed by atoms with Crippen molar-refractivity contribution in [3.8, 4) is 11.5 Å². The van der Waals surface area contributed by atoms with Crippen LogP contribution in [0, 0.1) is 6.92 Å². The molecule has 6 heteroatoms. The SMILES string of the molecule is CC(=O)c1c(-c2ncc(C)c(NCCCN(C)C)n2)[nH]c2ccccc12. The van der Waals surface area contributed by atoms with E-state index in [0.29, 0.717) is 17.1 Å². The number of aryl methyl sites for hydroxylation is 1. The van der Waals surface area contributed by atoms with Gasteiger partial charge in [-0.15, -0.1) is 0 Å². The smallest absolute Gasteiger partial charge is 0.178 e. The summed E-state index contributed by atoms with van der Waals surface area (Å²) in [4.78, 5) is 26.9. The number of aromatic amines is 1. The molecule has 0 atom stereocenters. The molecule has 0 fully saturated rings. The van der Waals surface area contributed by atoms with Gasteiger partial charge in [0.15, 0.2) is 11.6 Å². The van der Waals surface area contributed by atoms with Crippen molar-refractivity contribution in [1.29, 1.82) is 0 Å². The van der Waals surface area contributed by atoms with E-state index in [1.807, 2.05) is 31.2 Å². The number of H-pyrrole nitrogens is 1. The lowest BCUT2D eigenvalue weighted by Crippen LogP contribution is -2.17. The van der Waals surface area contributed by atoms with Crippen molar-refractivity contribution in [2.24, 2.45) is 0 Å². The van der Waals surface area contributed by atoms with E-state index in [1.165, 1.54) is 0 Å². The summed E-state index contributed by atoms with van der Waals surface area (Å²) in [7, 11) is 4.13. The second-order valence-electron chi connectivity index (χ2n) is 6.79. The third-order valence-corrected chi connectivity index (χ3v) is 4.33. The first kappa shape index (κ1) is 18.1. The number of carbonyl (C=O) groups is 1. The maximum Gasteiger partial charge on any atom is 0.178 e. The second-order valence-corrected chi connectivity index (χ2v) is 6.79. The summed E-state index contributed by atoms with van der Waals surface area (Å²) in [6.45, 7) is 5.41. The largest absolute Gasteiger partial charge is 0.370 e. The van der Waals surface area contributed by atoms with Crippen LogP contribution in [0.5, 0.6) is 0 Å². The Bertz CT molecular complexity index is 929. The number of ketones is 1. The molecular weight excluding hydrogens is 326 g/mol. The second kappa shape index (κ2) is 7.66. The van der Waals surface area contributed by atoms with Gasteiger partial charge in [-0.05, 0) is 47.0 Å². The number of anilines is 1. The Morgan fingerprint density at radius 3 is 2.77 bits per heavy atom. The van der Waals surface area contributed by atoms with Gasteiger partial charge in [0, 0.05) is 29.2 Å². The van der Waals surface area contributed by atoms with Gasteiger partial charge in [-0.3, -0.25) is 4.79 Å². The zero-order chi connectivity index (χ0) is 18.7. The first-order valence-corrected chi connectivity index (χ1v) is 8.81. The van der Waals surface area contributed by atoms with Gasteiger partial charge in [-0.2, -0.15) is 0 Å². The molecule has 0 aliphatic carbocycles. The van der Waals surface area contributed by atoms with Crippen LogP contribution < -0.4 is 5.32 Å². The van der Waals surface area contributed by atoms with Crippen LogP contribution in [-0.2, 0) is 0 Å². The van der Waals surface area contributed by atoms with E-state index in [0.717, 1.165) is 41.8 Å². The molecule has 2 heterocycles. The van der Waals surface area contributed by atoms with E-state index in [-0.39, 0.29) is 5.78 Å². The molecular formula is C20H25N5O. The minimum absolute atomic E-state index is 0.00196. The van der Waals surface area contributed by atoms with Crippen molar-refractivity contribution in [2.45, 2.75) is 20.3 Å². The summed E-state index contributed by atoms with van der Waals surface area (Å²) in [5.41, 5.74) is 3.22. The molecule has 0 saturated heterocycles. The maximum absolute atomic E-state index is 12.2. The average molecular weight is 351 g/mol. The number of rotatable bonds is 7. The van der Waals surface area contributed by atoms with E-state index in [1.54, 1.807) is 13.1 Å². The average Bonchev–Trinajstić information content (AvgIpc) is 2.99. The zero-order valence-electron chi connectivity index (χ0n) is 15.8. The minimum Gasteiger partial charge on any atom is -0.370 e. The van der Waals surface area contributed by atoms with Crippen LogP contribution in [0.25, 0.3) is 22.4 Å². The van der Waals surface area contributed by atoms with E-state index in [9.17, 15) is 4.79 Å². The fraction of sp³-hybridized carbons (Fsp3) is 0.350. The quantitative estimate of drug-likeness (QED) is 0.503. The number of nitrogens with zero attached hydrogens (tertiary/aromatic N) is 3. The normalized spacial score (nSPS) is 11.3. The number of hydrogen-bond acceptors (Lipinski definition) is 5. The lowest BCUT2D eigenvalue weighted by molar-refractivity contribution is 0.102. The molecule has 0 saturated carbocycles. The summed E-state index contributed by atoms with van der Waals surface area (Å²) in [6.07, 6.45) is 2.82. The number of Topliss-reactive ketones (excluding diaryl/α,β-unsaturated/α-hetero) is 1. The summed E-state index contributed by atoms with van der Waals surface area (Å²) in [5.74, 6) is 1.34. The first-order chi connectivity index (χ1) is 12.5. The van der Waals surface area contributed by atoms with Gasteiger partial charge < -0.3 is 15.2 Å². The fourth-order valence-electron chi connectivity index (χ4n) is 3.02. The molecule has 26 heavy (non-hydrogen) atoms. The molecule has 136 valence electrons. The van der Waals surface area contributed by atoms with Gasteiger partial charge in [0.2, 0.25) is 0 Å². The molecule has 2 N–H and O–H groups in total. The zero-order valence-corrected chi connectivity index (χ0v) is 15.8. The first-order valence-electron chi connectivity index (χ1n) is 8.81. The molecule has 1 aromatic carbocycles. The predicted octanol–water partition coefficient (Wildman–Crippen LogP) is 3.50. The highest BCUT2D eigenvalue weighted by molar-refractivity contribution is 6.11. The molecule has 3 rings (SSSR count). The van der Waals surface area contributed by atoms with Gasteiger partial charge in [-0.25, -0.2) is 9.97 Å². The fourth-order valence-corrected chi connectivity index (χ4v) is 3.02. The maximum atomic E-state index is 12.2. The van der Waals surface area contributed by atoms with Crippen LogP contribution in [0.15, 0.2) is 30.5 Å². The number of benzene rings is 1. The Morgan fingerprint density at radius 2 is 2.04 bits per heavy atom. The number of para-hydroxylation sites is 1. The summed E-state index contributed by atoms with van der Waals surface area (Å²) in [5, 5.41) is 4.29. The minimum atomic E-state index is 0.00196. The van der Waals surface area contributed by atoms with Gasteiger partial charge in [0.1, 0.15) is 5.82 Å². The number of fused-ring (bicyclic) bond motifs is 1. The number of aromatic nitrogens is 3. The van der Waals surface area contributed by atoms with Crippen LogP contribution in [0.3, 0.4) is 0 Å². The molecule has 6 nitrogen and oxygen atoms in total. The molecule has 0 spiro atoms. The van der Waals surface area contributed by atoms with Crippen LogP contribution in [-0.4, -0.2) is 52.8 Å². The highest BCUT2D eigenvalue weighted by atomic mass is 16.1. The molecule has 0 aliphatic heterocycles. The Hall–Kier alpha value is -2.73. The van der Waals surface area contributed by atoms with Gasteiger partial charge in [0.25, 0.3) is 0 Å². The molecule has 0 bridgehead atoms. The molecule has 0 amide bonds. The summed E-state index contributed by atoms with van der Waals surface area (Å²) >= 11 is 0. The summed E-state index contributed by atoms with van der Waals surface area (Å²) in [6, 6.07) is 7.78. The molecule has 0 radical (unpaired) electrons. The Labute approximate surface area is 153 Å². The Balaban J connectivity index is 1.95. The predicted molar refractivity (Wildman–Crippen MR) is 106 cm³/mol. The van der Waals surface area contributed by atoms with Gasteiger partial charge in [0.05, 0.1) is 11.3 Å². The highest BCUT2D eigenvalue weighted by Crippen LogP contribution is 2.29. The van der Waals surface area contributed by atoms with Crippen molar-refractivity contribution >= 4 is 22.5 Å². The van der Waals surface area contributed by atoms with E-state index >= 15 is 0 Å². The third kappa shape index (κ3) is 3.75. The summed E-state index contributed by atoms with van der Waals surface area (Å²) < 4.78 is 0. The van der Waals surface area contributed by atoms with E-state index in [4.69, 9.17) is 0 Å². The lowest BCUT2D eigenvalue weighted by atomic mass is 10.1. The van der Waals surface area contributed by atoms with E-state index < -0.39 is 0 Å². The van der Waals surface area contributed by atoms with Crippen molar-refractivity contribution < 1.29 is 4.79 Å². The lowest BCUT2D eigenvalue weighted by Gasteiger charge is -2.12. The van der Waals surface area contributed by atoms with Crippen molar-refractivity contribution in [1.82, 2.24) is 19.9 Å². The Kier molecular flexibility index (Phi) is 5.32. The molecule has 0 aliphatic rings. The molecule has 3 aromatic rings. The number of nitrogens with one attached hydrogen (secondary N) is 2. The molecule has 2 aromatic heterocycles. The van der Waals surface area contributed by atoms with E-state index in [2.05, 4.69) is 39.3 Å². The van der Waals surface area contributed by atoms with Gasteiger partial charge >= 0.3 is 0 Å². The number of carbonyl (C=O) groups excluding carboxylic acids is 1. The van der Waals surface area contributed by atoms with Crippen molar-refractivity contribution in [3.05, 3.63) is 41.6 Å². The van der Waals surface area contributed by atoms with Gasteiger partial charge in [-0.1, -0.05) is 18.2 Å². The van der Waals surface area contributed by atoms with Crippen LogP contribution in [0.1, 0.15) is 29.3 Å². The van der Waals surface area contributed by atoms with Crippen LogP contribution >= 0.6 is 0 Å². The monoisotopic (exact) mass is 351 g/mol. The molecule has 0 unspecified atom stereocenters. The van der Waals surface area contributed by atoms with Crippen LogP contribution in [0.4, 0.5) is 5.82 Å². The van der Waals surface area contributed by atoms with Crippen LogP contribution in [0.2, 0.25) is 0 Å². The highest BCUT2D eigenvalue weighted by Gasteiger charge is 2.19. The standard InChI is InChI=1S/C20H25N5O/c1-13-12-22-20(24-19(13)21-10-7-11-25(3)4)18-17(14(2)26)15-8-5-6-9-16(15)23-18/h5-6,8-9,12,23H,7,10-11H2,1-4H3,(H,21,22,24). The topological polar surface area (TPSA) is 73.9 Å².